The van der Waals surface area contributed by atoms with Gasteiger partial charge in [-0.25, -0.2) is 18.5 Å². The molecule has 66 valence electrons. The molecule has 0 aromatic carbocycles. The van der Waals surface area contributed by atoms with E-state index in [9.17, 15) is 12.8 Å². The second-order valence-electron chi connectivity index (χ2n) is 1.99. The third kappa shape index (κ3) is 2.11. The van der Waals surface area contributed by atoms with Crippen LogP contribution in [0.1, 0.15) is 0 Å². The van der Waals surface area contributed by atoms with Crippen LogP contribution in [0, 0.1) is 9.52 Å². The molecule has 0 aliphatic carbocycles. The Balaban J connectivity index is 3.43. The quantitative estimate of drug-likeness (QED) is 0.605. The Hall–Kier alpha value is -0.280. The second-order valence-corrected chi connectivity index (χ2v) is 4.76. The summed E-state index contributed by atoms with van der Waals surface area (Å²) in [6.45, 7) is 0. The minimum absolute atomic E-state index is 0.512. The lowest BCUT2D eigenvalue weighted by Gasteiger charge is -1.98. The van der Waals surface area contributed by atoms with Crippen LogP contribution in [0.4, 0.5) is 4.39 Å². The van der Waals surface area contributed by atoms with Gasteiger partial charge in [0.1, 0.15) is 4.90 Å². The van der Waals surface area contributed by atoms with Crippen molar-refractivity contribution < 1.29 is 12.8 Å². The molecule has 7 heteroatoms. The fourth-order valence-electron chi connectivity index (χ4n) is 0.604. The monoisotopic (exact) mass is 302 g/mol. The standard InChI is InChI=1S/C5H4FIN2O2S/c6-5-4(12(8,10)11)1-3(7)2-9-5/h1-2H,(H2,8,10,11). The first-order valence-corrected chi connectivity index (χ1v) is 5.37. The largest absolute Gasteiger partial charge is 0.242 e. The summed E-state index contributed by atoms with van der Waals surface area (Å²) in [5, 5.41) is 4.72. The van der Waals surface area contributed by atoms with Gasteiger partial charge in [-0.15, -0.1) is 0 Å². The van der Waals surface area contributed by atoms with Gasteiger partial charge in [0.05, 0.1) is 0 Å². The van der Waals surface area contributed by atoms with Crippen molar-refractivity contribution in [1.82, 2.24) is 4.98 Å². The number of primary sulfonamides is 1. The van der Waals surface area contributed by atoms with Crippen LogP contribution in [0.3, 0.4) is 0 Å². The minimum Gasteiger partial charge on any atom is -0.226 e. The first-order chi connectivity index (χ1) is 5.41. The molecule has 12 heavy (non-hydrogen) atoms. The predicted octanol–water partition coefficient (Wildman–Crippen LogP) is 0.473. The van der Waals surface area contributed by atoms with E-state index in [0.717, 1.165) is 6.07 Å². The van der Waals surface area contributed by atoms with Gasteiger partial charge in [0, 0.05) is 9.77 Å². The maximum atomic E-state index is 12.7. The molecule has 0 atom stereocenters. The molecule has 0 fully saturated rings. The predicted molar refractivity (Wildman–Crippen MR) is 48.3 cm³/mol. The molecule has 0 saturated heterocycles. The molecule has 0 amide bonds. The fraction of sp³-hybridized carbons (Fsp3) is 0. The minimum atomic E-state index is -4.00. The average Bonchev–Trinajstić information content (AvgIpc) is 1.92. The molecule has 1 aromatic rings. The lowest BCUT2D eigenvalue weighted by Crippen LogP contribution is -2.15. The lowest BCUT2D eigenvalue weighted by molar-refractivity contribution is 0.538. The zero-order chi connectivity index (χ0) is 9.35. The van der Waals surface area contributed by atoms with Crippen LogP contribution in [0.25, 0.3) is 0 Å². The number of hydrogen-bond acceptors (Lipinski definition) is 3. The Labute approximate surface area is 82.2 Å². The van der Waals surface area contributed by atoms with Crippen molar-refractivity contribution in [2.24, 2.45) is 5.14 Å². The van der Waals surface area contributed by atoms with E-state index < -0.39 is 20.9 Å². The molecule has 1 heterocycles. The number of aromatic nitrogens is 1. The van der Waals surface area contributed by atoms with E-state index in [1.165, 1.54) is 6.20 Å². The Morgan fingerprint density at radius 2 is 2.17 bits per heavy atom. The topological polar surface area (TPSA) is 73.1 Å². The van der Waals surface area contributed by atoms with Gasteiger partial charge in [0.15, 0.2) is 0 Å². The number of sulfonamides is 1. The summed E-state index contributed by atoms with van der Waals surface area (Å²) in [4.78, 5) is 2.64. The number of nitrogens with zero attached hydrogens (tertiary/aromatic N) is 1. The van der Waals surface area contributed by atoms with Gasteiger partial charge in [-0.05, 0) is 28.7 Å². The first kappa shape index (κ1) is 9.81. The molecular formula is C5H4FIN2O2S. The summed E-state index contributed by atoms with van der Waals surface area (Å²) in [5.74, 6) is -1.07. The fourth-order valence-corrected chi connectivity index (χ4v) is 1.84. The van der Waals surface area contributed by atoms with Crippen LogP contribution < -0.4 is 5.14 Å². The van der Waals surface area contributed by atoms with Crippen molar-refractivity contribution in [2.75, 3.05) is 0 Å². The van der Waals surface area contributed by atoms with E-state index in [1.807, 2.05) is 22.6 Å². The van der Waals surface area contributed by atoms with Crippen molar-refractivity contribution in [3.05, 3.63) is 21.8 Å². The van der Waals surface area contributed by atoms with Crippen molar-refractivity contribution in [2.45, 2.75) is 4.90 Å². The lowest BCUT2D eigenvalue weighted by atomic mass is 10.5. The molecule has 1 rings (SSSR count). The van der Waals surface area contributed by atoms with Crippen LogP contribution in [-0.2, 0) is 10.0 Å². The van der Waals surface area contributed by atoms with Crippen molar-refractivity contribution >= 4 is 32.6 Å². The molecular weight excluding hydrogens is 298 g/mol. The van der Waals surface area contributed by atoms with E-state index in [-0.39, 0.29) is 0 Å². The molecule has 1 aromatic heterocycles. The highest BCUT2D eigenvalue weighted by Gasteiger charge is 2.15. The Morgan fingerprint density at radius 1 is 1.58 bits per heavy atom. The Morgan fingerprint density at radius 3 is 2.58 bits per heavy atom. The number of nitrogens with two attached hydrogens (primary N) is 1. The van der Waals surface area contributed by atoms with Crippen LogP contribution in [0.5, 0.6) is 0 Å². The van der Waals surface area contributed by atoms with E-state index in [1.54, 1.807) is 0 Å². The van der Waals surface area contributed by atoms with Gasteiger partial charge in [-0.1, -0.05) is 0 Å². The third-order valence-electron chi connectivity index (χ3n) is 1.08. The molecule has 0 radical (unpaired) electrons. The van der Waals surface area contributed by atoms with Crippen LogP contribution >= 0.6 is 22.6 Å². The van der Waals surface area contributed by atoms with Crippen molar-refractivity contribution in [3.63, 3.8) is 0 Å². The number of rotatable bonds is 1. The van der Waals surface area contributed by atoms with Crippen molar-refractivity contribution in [3.8, 4) is 0 Å². The average molecular weight is 302 g/mol. The maximum Gasteiger partial charge on any atom is 0.242 e. The van der Waals surface area contributed by atoms with Crippen molar-refractivity contribution in [1.29, 1.82) is 0 Å². The maximum absolute atomic E-state index is 12.7. The highest BCUT2D eigenvalue weighted by Crippen LogP contribution is 2.13. The number of pyridine rings is 1. The summed E-state index contributed by atoms with van der Waals surface area (Å²) in [6, 6.07) is 1.12. The molecule has 0 spiro atoms. The van der Waals surface area contributed by atoms with Gasteiger partial charge in [0.25, 0.3) is 0 Å². The Kier molecular flexibility index (Phi) is 2.64. The molecule has 0 aliphatic heterocycles. The van der Waals surface area contributed by atoms with E-state index in [2.05, 4.69) is 4.98 Å². The normalized spacial score (nSPS) is 11.6. The molecule has 0 unspecified atom stereocenters. The SMILES string of the molecule is NS(=O)(=O)c1cc(I)cnc1F. The molecule has 0 aliphatic rings. The number of halogens is 2. The summed E-state index contributed by atoms with van der Waals surface area (Å²) in [6.07, 6.45) is 1.21. The first-order valence-electron chi connectivity index (χ1n) is 2.75. The highest BCUT2D eigenvalue weighted by molar-refractivity contribution is 14.1. The summed E-state index contributed by atoms with van der Waals surface area (Å²) in [5.41, 5.74) is 0. The van der Waals surface area contributed by atoms with Gasteiger partial charge in [-0.2, -0.15) is 4.39 Å². The molecule has 2 N–H and O–H groups in total. The number of hydrogen-bond donors (Lipinski definition) is 1. The zero-order valence-corrected chi connectivity index (χ0v) is 8.63. The third-order valence-corrected chi connectivity index (χ3v) is 2.57. The molecule has 4 nitrogen and oxygen atoms in total. The van der Waals surface area contributed by atoms with Crippen LogP contribution in [0.15, 0.2) is 17.2 Å². The summed E-state index contributed by atoms with van der Waals surface area (Å²) < 4.78 is 34.6. The Bertz CT molecular complexity index is 406. The summed E-state index contributed by atoms with van der Waals surface area (Å²) >= 11 is 1.81. The van der Waals surface area contributed by atoms with Gasteiger partial charge < -0.3 is 0 Å². The summed E-state index contributed by atoms with van der Waals surface area (Å²) in [7, 11) is -4.00. The van der Waals surface area contributed by atoms with E-state index in [0.29, 0.717) is 3.57 Å². The van der Waals surface area contributed by atoms with Crippen LogP contribution in [0.2, 0.25) is 0 Å². The zero-order valence-electron chi connectivity index (χ0n) is 5.66. The van der Waals surface area contributed by atoms with Gasteiger partial charge in [-0.3, -0.25) is 0 Å². The van der Waals surface area contributed by atoms with Gasteiger partial charge >= 0.3 is 0 Å². The second kappa shape index (κ2) is 3.23. The molecule has 0 saturated carbocycles. The molecule has 0 bridgehead atoms. The van der Waals surface area contributed by atoms with Gasteiger partial charge in [0.2, 0.25) is 16.0 Å². The van der Waals surface area contributed by atoms with Crippen LogP contribution in [-0.4, -0.2) is 13.4 Å². The smallest absolute Gasteiger partial charge is 0.226 e. The highest BCUT2D eigenvalue weighted by atomic mass is 127. The van der Waals surface area contributed by atoms with E-state index >= 15 is 0 Å². The van der Waals surface area contributed by atoms with E-state index in [4.69, 9.17) is 5.14 Å².